The normalized spacial score (nSPS) is 15.1. The fourth-order valence-electron chi connectivity index (χ4n) is 1.86. The van der Waals surface area contributed by atoms with E-state index in [1.165, 1.54) is 6.92 Å². The third-order valence-corrected chi connectivity index (χ3v) is 4.38. The summed E-state index contributed by atoms with van der Waals surface area (Å²) < 4.78 is 135. The zero-order valence-corrected chi connectivity index (χ0v) is 16.7. The molecule has 0 spiro atoms. The van der Waals surface area contributed by atoms with E-state index in [1.807, 2.05) is 0 Å². The molecule has 0 aliphatic heterocycles. The molecule has 0 saturated carbocycles. The van der Waals surface area contributed by atoms with Crippen LogP contribution in [0.1, 0.15) is 32.6 Å². The number of esters is 2. The predicted octanol–water partition coefficient (Wildman–Crippen LogP) is 3.23. The van der Waals surface area contributed by atoms with Crippen LogP contribution < -0.4 is 0 Å². The first-order valence-electron chi connectivity index (χ1n) is 8.35. The number of hydrogen-bond acceptors (Lipinski definition) is 7. The molecule has 0 aromatic carbocycles. The van der Waals surface area contributed by atoms with Gasteiger partial charge in [-0.25, -0.2) is 9.59 Å². The highest BCUT2D eigenvalue weighted by atomic mass is 32.2. The van der Waals surface area contributed by atoms with E-state index in [2.05, 4.69) is 20.8 Å². The molecule has 16 heteroatoms. The van der Waals surface area contributed by atoms with Gasteiger partial charge in [0.05, 0.1) is 13.2 Å². The average Bonchev–Trinajstić information content (AvgIpc) is 2.62. The molecule has 31 heavy (non-hydrogen) atoms. The number of alkyl halides is 7. The van der Waals surface area contributed by atoms with Crippen LogP contribution in [0.4, 0.5) is 30.7 Å². The summed E-state index contributed by atoms with van der Waals surface area (Å²) in [4.78, 5) is 23.2. The van der Waals surface area contributed by atoms with Crippen LogP contribution in [0.2, 0.25) is 0 Å². The van der Waals surface area contributed by atoms with Gasteiger partial charge in [-0.1, -0.05) is 13.5 Å². The van der Waals surface area contributed by atoms with Crippen molar-refractivity contribution in [1.82, 2.24) is 0 Å². The van der Waals surface area contributed by atoms with Crippen molar-refractivity contribution in [2.24, 2.45) is 0 Å². The van der Waals surface area contributed by atoms with Gasteiger partial charge < -0.3 is 14.2 Å². The first kappa shape index (κ1) is 29.1. The topological polar surface area (TPSA) is 116 Å². The number of hydrogen-bond donors (Lipinski definition) is 1. The van der Waals surface area contributed by atoms with Gasteiger partial charge in [-0.2, -0.15) is 39.2 Å². The molecule has 0 aromatic rings. The molecule has 182 valence electrons. The van der Waals surface area contributed by atoms with Crippen LogP contribution in [-0.4, -0.2) is 61.3 Å². The average molecular weight is 492 g/mol. The lowest BCUT2D eigenvalue weighted by molar-refractivity contribution is -0.354. The summed E-state index contributed by atoms with van der Waals surface area (Å²) in [5.74, 6) is -13.5. The number of rotatable bonds is 13. The van der Waals surface area contributed by atoms with E-state index in [-0.39, 0.29) is 12.5 Å². The zero-order chi connectivity index (χ0) is 24.7. The number of halogens is 7. The van der Waals surface area contributed by atoms with Crippen LogP contribution in [0, 0.1) is 0 Å². The minimum Gasteiger partial charge on any atom is -0.461 e. The van der Waals surface area contributed by atoms with Crippen LogP contribution in [-0.2, 0) is 33.9 Å². The molecule has 0 aliphatic rings. The summed E-state index contributed by atoms with van der Waals surface area (Å²) in [5, 5.41) is -5.85. The quantitative estimate of drug-likeness (QED) is 0.104. The molecule has 1 N–H and O–H groups in total. The van der Waals surface area contributed by atoms with Gasteiger partial charge in [-0.15, -0.1) is 0 Å². The molecule has 0 saturated heterocycles. The lowest BCUT2D eigenvalue weighted by Crippen LogP contribution is -2.58. The minimum atomic E-state index is -6.47. The van der Waals surface area contributed by atoms with E-state index < -0.39 is 77.7 Å². The van der Waals surface area contributed by atoms with Crippen LogP contribution in [0.5, 0.6) is 0 Å². The summed E-state index contributed by atoms with van der Waals surface area (Å²) in [6, 6.07) is 0. The van der Waals surface area contributed by atoms with Gasteiger partial charge in [0.25, 0.3) is 0 Å². The number of ether oxygens (including phenoxy) is 3. The van der Waals surface area contributed by atoms with Crippen LogP contribution in [0.3, 0.4) is 0 Å². The number of carbonyl (C=O) groups excluding carboxylic acids is 2. The Morgan fingerprint density at radius 1 is 1.03 bits per heavy atom. The molecule has 0 aliphatic carbocycles. The van der Waals surface area contributed by atoms with E-state index in [0.717, 1.165) is 0 Å². The maximum Gasteiger partial charge on any atom is 0.468 e. The third-order valence-electron chi connectivity index (χ3n) is 3.43. The van der Waals surface area contributed by atoms with Gasteiger partial charge in [0, 0.05) is 12.5 Å². The fourth-order valence-corrected chi connectivity index (χ4v) is 2.34. The molecule has 1 unspecified atom stereocenters. The van der Waals surface area contributed by atoms with Crippen molar-refractivity contribution in [2.75, 3.05) is 13.2 Å². The van der Waals surface area contributed by atoms with Gasteiger partial charge in [0.15, 0.2) is 0 Å². The SMILES string of the molecule is C=CC(=O)OC(OCCCCC(F)(F)C(F)(F)S(=O)(=O)O)(C(=O)OCCC)C(F)(F)F. The van der Waals surface area contributed by atoms with Crippen molar-refractivity contribution in [2.45, 2.75) is 55.7 Å². The lowest BCUT2D eigenvalue weighted by atomic mass is 10.1. The van der Waals surface area contributed by atoms with Gasteiger partial charge in [0.2, 0.25) is 0 Å². The first-order valence-corrected chi connectivity index (χ1v) is 9.79. The van der Waals surface area contributed by atoms with E-state index in [0.29, 0.717) is 0 Å². The maximum atomic E-state index is 13.5. The standard InChI is InChI=1S/C15H19F7O8S/c1-3-8-28-11(24)13(14(18,19)20,30-10(23)4-2)29-9-6-5-7-12(16,17)15(21,22)31(25,26)27/h4H,2-3,5-9H2,1H3,(H,25,26,27). The van der Waals surface area contributed by atoms with Crippen molar-refractivity contribution in [1.29, 1.82) is 0 Å². The lowest BCUT2D eigenvalue weighted by Gasteiger charge is -2.32. The molecule has 0 rings (SSSR count). The van der Waals surface area contributed by atoms with Crippen molar-refractivity contribution in [3.63, 3.8) is 0 Å². The summed E-state index contributed by atoms with van der Waals surface area (Å²) in [7, 11) is -6.47. The highest BCUT2D eigenvalue weighted by molar-refractivity contribution is 7.87. The second-order valence-corrected chi connectivity index (χ2v) is 7.34. The summed E-state index contributed by atoms with van der Waals surface area (Å²) in [6.45, 7) is 2.54. The molecule has 0 amide bonds. The van der Waals surface area contributed by atoms with Crippen LogP contribution in [0.15, 0.2) is 12.7 Å². The highest BCUT2D eigenvalue weighted by Gasteiger charge is 2.68. The van der Waals surface area contributed by atoms with E-state index in [9.17, 15) is 48.7 Å². The Bertz CT molecular complexity index is 751. The summed E-state index contributed by atoms with van der Waals surface area (Å²) in [5.41, 5.74) is 0. The Kier molecular flexibility index (Phi) is 9.92. The predicted molar refractivity (Wildman–Crippen MR) is 87.6 cm³/mol. The smallest absolute Gasteiger partial charge is 0.461 e. The van der Waals surface area contributed by atoms with Crippen LogP contribution in [0.25, 0.3) is 0 Å². The molecule has 0 radical (unpaired) electrons. The van der Waals surface area contributed by atoms with Crippen molar-refractivity contribution < 1.29 is 67.5 Å². The van der Waals surface area contributed by atoms with Gasteiger partial charge in [-0.3, -0.25) is 4.55 Å². The van der Waals surface area contributed by atoms with Gasteiger partial charge >= 0.3 is 45.2 Å². The third kappa shape index (κ3) is 7.03. The molecule has 0 fully saturated rings. The molecule has 1 atom stereocenters. The minimum absolute atomic E-state index is 0.0755. The zero-order valence-electron chi connectivity index (χ0n) is 15.9. The molecule has 0 bridgehead atoms. The van der Waals surface area contributed by atoms with Crippen LogP contribution >= 0.6 is 0 Å². The van der Waals surface area contributed by atoms with Gasteiger partial charge in [0.1, 0.15) is 0 Å². The summed E-state index contributed by atoms with van der Waals surface area (Å²) in [6.07, 6.45) is -9.11. The Hall–Kier alpha value is -1.94. The Labute approximate surface area is 172 Å². The second-order valence-electron chi connectivity index (χ2n) is 5.88. The highest BCUT2D eigenvalue weighted by Crippen LogP contribution is 2.42. The van der Waals surface area contributed by atoms with Crippen molar-refractivity contribution >= 4 is 22.1 Å². The monoisotopic (exact) mass is 492 g/mol. The molecular formula is C15H19F7O8S. The largest absolute Gasteiger partial charge is 0.468 e. The van der Waals surface area contributed by atoms with E-state index in [4.69, 9.17) is 4.55 Å². The van der Waals surface area contributed by atoms with E-state index >= 15 is 0 Å². The van der Waals surface area contributed by atoms with Crippen molar-refractivity contribution in [3.8, 4) is 0 Å². The second kappa shape index (κ2) is 10.6. The molecule has 0 heterocycles. The Morgan fingerprint density at radius 3 is 2.00 bits per heavy atom. The Balaban J connectivity index is 5.39. The Morgan fingerprint density at radius 2 is 1.58 bits per heavy atom. The molecule has 8 nitrogen and oxygen atoms in total. The first-order chi connectivity index (χ1) is 13.9. The number of unbranched alkanes of at least 4 members (excludes halogenated alkanes) is 1. The van der Waals surface area contributed by atoms with Crippen molar-refractivity contribution in [3.05, 3.63) is 12.7 Å². The molecular weight excluding hydrogens is 473 g/mol. The molecule has 0 aromatic heterocycles. The van der Waals surface area contributed by atoms with Gasteiger partial charge in [-0.05, 0) is 19.3 Å². The fraction of sp³-hybridized carbons (Fsp3) is 0.733. The number of carbonyl (C=O) groups is 2. The summed E-state index contributed by atoms with van der Waals surface area (Å²) >= 11 is 0. The maximum absolute atomic E-state index is 13.5. The van der Waals surface area contributed by atoms with E-state index in [1.54, 1.807) is 0 Å².